The van der Waals surface area contributed by atoms with E-state index in [9.17, 15) is 13.2 Å². The first kappa shape index (κ1) is 24.2. The van der Waals surface area contributed by atoms with Crippen molar-refractivity contribution in [1.29, 1.82) is 0 Å². The number of thioether (sulfide) groups is 1. The molecule has 1 N–H and O–H groups in total. The smallest absolute Gasteiger partial charge is 0.243 e. The third kappa shape index (κ3) is 5.96. The Balaban J connectivity index is 1.34. The summed E-state index contributed by atoms with van der Waals surface area (Å²) in [7, 11) is -3.49. The molecule has 1 aliphatic carbocycles. The topological polar surface area (TPSA) is 97.2 Å². The van der Waals surface area contributed by atoms with E-state index in [0.29, 0.717) is 24.8 Å². The zero-order valence-electron chi connectivity index (χ0n) is 19.2. The van der Waals surface area contributed by atoms with Crippen LogP contribution in [-0.4, -0.2) is 52.2 Å². The normalized spacial score (nSPS) is 18.7. The predicted octanol–water partition coefficient (Wildman–Crippen LogP) is 4.39. The Morgan fingerprint density at radius 1 is 1.00 bits per heavy atom. The molecule has 2 aliphatic rings. The maximum Gasteiger partial charge on any atom is 0.243 e. The number of aromatic nitrogens is 3. The summed E-state index contributed by atoms with van der Waals surface area (Å²) in [4.78, 5) is 12.8. The molecule has 33 heavy (non-hydrogen) atoms. The lowest BCUT2D eigenvalue weighted by molar-refractivity contribution is -0.113. The highest BCUT2D eigenvalue weighted by Crippen LogP contribution is 2.32. The summed E-state index contributed by atoms with van der Waals surface area (Å²) in [5.74, 6) is 0.962. The van der Waals surface area contributed by atoms with Gasteiger partial charge in [0.15, 0.2) is 5.16 Å². The molecule has 180 valence electrons. The van der Waals surface area contributed by atoms with Gasteiger partial charge in [-0.3, -0.25) is 4.79 Å². The Morgan fingerprint density at radius 3 is 2.30 bits per heavy atom. The van der Waals surface area contributed by atoms with Crippen molar-refractivity contribution < 1.29 is 13.2 Å². The van der Waals surface area contributed by atoms with Crippen LogP contribution in [0.15, 0.2) is 34.3 Å². The highest BCUT2D eigenvalue weighted by molar-refractivity contribution is 7.99. The van der Waals surface area contributed by atoms with Gasteiger partial charge in [-0.1, -0.05) is 43.9 Å². The molecular weight excluding hydrogens is 458 g/mol. The van der Waals surface area contributed by atoms with Gasteiger partial charge >= 0.3 is 0 Å². The van der Waals surface area contributed by atoms with Gasteiger partial charge in [0.25, 0.3) is 0 Å². The van der Waals surface area contributed by atoms with Crippen LogP contribution in [0.2, 0.25) is 0 Å². The lowest BCUT2D eigenvalue weighted by Gasteiger charge is -2.24. The van der Waals surface area contributed by atoms with Gasteiger partial charge in [-0.05, 0) is 56.9 Å². The lowest BCUT2D eigenvalue weighted by atomic mass is 9.95. The minimum atomic E-state index is -3.49. The fraction of sp³-hybridized carbons (Fsp3) is 0.609. The summed E-state index contributed by atoms with van der Waals surface area (Å²) in [5, 5.41) is 12.2. The molecule has 1 aromatic carbocycles. The number of anilines is 1. The minimum absolute atomic E-state index is 0.154. The number of benzene rings is 1. The number of amides is 1. The molecule has 0 unspecified atom stereocenters. The second-order valence-electron chi connectivity index (χ2n) is 8.87. The van der Waals surface area contributed by atoms with Gasteiger partial charge in [0.05, 0.1) is 10.6 Å². The van der Waals surface area contributed by atoms with Gasteiger partial charge in [0, 0.05) is 24.8 Å². The standard InChI is InChI=1S/C23H33N5O3S2/c1-18-25-26-23(28(18)20-9-5-4-6-10-20)32-17-22(29)24-19-11-13-21(14-12-19)33(30,31)27-15-7-2-3-8-16-27/h11-14,20H,2-10,15-17H2,1H3,(H,24,29). The SMILES string of the molecule is Cc1nnc(SCC(=O)Nc2ccc(S(=O)(=O)N3CCCCCC3)cc2)n1C1CCCCC1. The van der Waals surface area contributed by atoms with E-state index in [-0.39, 0.29) is 16.6 Å². The van der Waals surface area contributed by atoms with Crippen LogP contribution in [0.3, 0.4) is 0 Å². The predicted molar refractivity (Wildman–Crippen MR) is 130 cm³/mol. The van der Waals surface area contributed by atoms with E-state index in [2.05, 4.69) is 20.1 Å². The second-order valence-corrected chi connectivity index (χ2v) is 11.8. The molecule has 1 saturated heterocycles. The number of nitrogens with one attached hydrogen (secondary N) is 1. The van der Waals surface area contributed by atoms with E-state index in [4.69, 9.17) is 0 Å². The summed E-state index contributed by atoms with van der Waals surface area (Å²) in [6.07, 6.45) is 9.93. The molecule has 2 heterocycles. The second kappa shape index (κ2) is 11.0. The molecular formula is C23H33N5O3S2. The van der Waals surface area contributed by atoms with Crippen LogP contribution in [-0.2, 0) is 14.8 Å². The Bertz CT molecular complexity index is 1040. The lowest BCUT2D eigenvalue weighted by Crippen LogP contribution is -2.31. The molecule has 4 rings (SSSR count). The maximum absolute atomic E-state index is 12.9. The van der Waals surface area contributed by atoms with Crippen molar-refractivity contribution in [2.75, 3.05) is 24.2 Å². The fourth-order valence-electron chi connectivity index (χ4n) is 4.68. The number of carbonyl (C=O) groups excluding carboxylic acids is 1. The number of hydrogen-bond donors (Lipinski definition) is 1. The van der Waals surface area contributed by atoms with Crippen molar-refractivity contribution in [3.05, 3.63) is 30.1 Å². The van der Waals surface area contributed by atoms with E-state index >= 15 is 0 Å². The summed E-state index contributed by atoms with van der Waals surface area (Å²) < 4.78 is 29.6. The van der Waals surface area contributed by atoms with Gasteiger partial charge in [-0.25, -0.2) is 8.42 Å². The summed E-state index contributed by atoms with van der Waals surface area (Å²) in [6.45, 7) is 3.11. The Hall–Kier alpha value is -1.91. The van der Waals surface area contributed by atoms with Crippen molar-refractivity contribution in [1.82, 2.24) is 19.1 Å². The number of nitrogens with zero attached hydrogens (tertiary/aromatic N) is 4. The third-order valence-electron chi connectivity index (χ3n) is 6.45. The molecule has 2 aromatic rings. The van der Waals surface area contributed by atoms with Crippen molar-refractivity contribution in [3.8, 4) is 0 Å². The Labute approximate surface area is 200 Å². The van der Waals surface area contributed by atoms with E-state index in [1.165, 1.54) is 31.0 Å². The average molecular weight is 492 g/mol. The van der Waals surface area contributed by atoms with E-state index in [1.54, 1.807) is 28.6 Å². The van der Waals surface area contributed by atoms with Crippen LogP contribution in [0.1, 0.15) is 69.7 Å². The molecule has 8 nitrogen and oxygen atoms in total. The number of aryl methyl sites for hydroxylation is 1. The first-order valence-corrected chi connectivity index (χ1v) is 14.3. The van der Waals surface area contributed by atoms with E-state index < -0.39 is 10.0 Å². The molecule has 0 bridgehead atoms. The zero-order valence-corrected chi connectivity index (χ0v) is 20.8. The first-order valence-electron chi connectivity index (χ1n) is 11.9. The molecule has 10 heteroatoms. The molecule has 2 fully saturated rings. The molecule has 0 atom stereocenters. The summed E-state index contributed by atoms with van der Waals surface area (Å²) >= 11 is 1.39. The maximum atomic E-state index is 12.9. The van der Waals surface area contributed by atoms with Crippen molar-refractivity contribution in [2.45, 2.75) is 80.8 Å². The number of hydrogen-bond acceptors (Lipinski definition) is 6. The van der Waals surface area contributed by atoms with Crippen LogP contribution < -0.4 is 5.32 Å². The quantitative estimate of drug-likeness (QED) is 0.577. The van der Waals surface area contributed by atoms with Gasteiger partial charge in [-0.2, -0.15) is 4.31 Å². The summed E-state index contributed by atoms with van der Waals surface area (Å²) in [6, 6.07) is 6.88. The van der Waals surface area contributed by atoms with Crippen LogP contribution in [0.5, 0.6) is 0 Å². The van der Waals surface area contributed by atoms with Crippen molar-refractivity contribution in [2.24, 2.45) is 0 Å². The summed E-state index contributed by atoms with van der Waals surface area (Å²) in [5.41, 5.74) is 0.584. The van der Waals surface area contributed by atoms with Gasteiger partial charge in [0.2, 0.25) is 15.9 Å². The molecule has 1 amide bonds. The van der Waals surface area contributed by atoms with Crippen LogP contribution in [0, 0.1) is 6.92 Å². The van der Waals surface area contributed by atoms with Crippen LogP contribution in [0.4, 0.5) is 5.69 Å². The van der Waals surface area contributed by atoms with Gasteiger partial charge < -0.3 is 9.88 Å². The fourth-order valence-corrected chi connectivity index (χ4v) is 7.04. The molecule has 1 saturated carbocycles. The molecule has 0 radical (unpaired) electrons. The largest absolute Gasteiger partial charge is 0.325 e. The molecule has 0 spiro atoms. The highest BCUT2D eigenvalue weighted by atomic mass is 32.2. The van der Waals surface area contributed by atoms with Crippen LogP contribution in [0.25, 0.3) is 0 Å². The molecule has 1 aromatic heterocycles. The number of rotatable bonds is 7. The van der Waals surface area contributed by atoms with Crippen LogP contribution >= 0.6 is 11.8 Å². The number of sulfonamides is 1. The van der Waals surface area contributed by atoms with Gasteiger partial charge in [-0.15, -0.1) is 10.2 Å². The van der Waals surface area contributed by atoms with Gasteiger partial charge in [0.1, 0.15) is 5.82 Å². The average Bonchev–Trinajstić information content (AvgIpc) is 3.00. The number of carbonyl (C=O) groups is 1. The third-order valence-corrected chi connectivity index (χ3v) is 9.30. The van der Waals surface area contributed by atoms with Crippen molar-refractivity contribution >= 4 is 33.4 Å². The molecule has 1 aliphatic heterocycles. The Kier molecular flexibility index (Phi) is 8.08. The Morgan fingerprint density at radius 2 is 1.64 bits per heavy atom. The highest BCUT2D eigenvalue weighted by Gasteiger charge is 2.25. The minimum Gasteiger partial charge on any atom is -0.325 e. The van der Waals surface area contributed by atoms with E-state index in [0.717, 1.165) is 49.5 Å². The van der Waals surface area contributed by atoms with Crippen molar-refractivity contribution in [3.63, 3.8) is 0 Å². The monoisotopic (exact) mass is 491 g/mol. The first-order chi connectivity index (χ1) is 15.9. The van der Waals surface area contributed by atoms with E-state index in [1.807, 2.05) is 6.92 Å². The zero-order chi connectivity index (χ0) is 23.3.